The molecule has 0 saturated carbocycles. The zero-order valence-electron chi connectivity index (χ0n) is 18.4. The van der Waals surface area contributed by atoms with Crippen molar-refractivity contribution in [1.29, 1.82) is 0 Å². The molecule has 0 aliphatic carbocycles. The van der Waals surface area contributed by atoms with Crippen molar-refractivity contribution < 1.29 is 23.7 Å². The van der Waals surface area contributed by atoms with E-state index in [1.54, 1.807) is 18.2 Å². The average molecular weight is 439 g/mol. The molecule has 0 radical (unpaired) electrons. The second-order valence-electron chi connectivity index (χ2n) is 7.48. The molecule has 0 atom stereocenters. The first kappa shape index (κ1) is 20.6. The Morgan fingerprint density at radius 3 is 1.91 bits per heavy atom. The fourth-order valence-electron chi connectivity index (χ4n) is 4.08. The van der Waals surface area contributed by atoms with Crippen molar-refractivity contribution in [3.63, 3.8) is 0 Å². The SMILES string of the molecule is COc1cc(C2=N/C(=C/c3c4ccccc4cc4ccccc34)C(=O)O2)cc(OC)c1OC. The first-order chi connectivity index (χ1) is 16.1. The molecule has 0 amide bonds. The maximum atomic E-state index is 12.8. The molecular formula is C27H21NO5. The molecule has 1 heterocycles. The van der Waals surface area contributed by atoms with Crippen LogP contribution in [0.2, 0.25) is 0 Å². The molecule has 5 rings (SSSR count). The van der Waals surface area contributed by atoms with Crippen LogP contribution in [0.15, 0.2) is 77.4 Å². The highest BCUT2D eigenvalue weighted by molar-refractivity contribution is 6.15. The maximum Gasteiger partial charge on any atom is 0.363 e. The van der Waals surface area contributed by atoms with Crippen LogP contribution in [0.4, 0.5) is 0 Å². The van der Waals surface area contributed by atoms with Gasteiger partial charge in [-0.2, -0.15) is 0 Å². The van der Waals surface area contributed by atoms with Crippen molar-refractivity contribution in [3.05, 3.63) is 83.6 Å². The van der Waals surface area contributed by atoms with E-state index in [1.807, 2.05) is 36.4 Å². The third-order valence-electron chi connectivity index (χ3n) is 5.63. The minimum Gasteiger partial charge on any atom is -0.493 e. The van der Waals surface area contributed by atoms with Crippen molar-refractivity contribution in [2.24, 2.45) is 4.99 Å². The smallest absolute Gasteiger partial charge is 0.363 e. The van der Waals surface area contributed by atoms with Gasteiger partial charge in [-0.15, -0.1) is 0 Å². The van der Waals surface area contributed by atoms with Gasteiger partial charge in [-0.05, 0) is 51.4 Å². The van der Waals surface area contributed by atoms with Crippen LogP contribution in [0.5, 0.6) is 17.2 Å². The summed E-state index contributed by atoms with van der Waals surface area (Å²) >= 11 is 0. The van der Waals surface area contributed by atoms with Gasteiger partial charge >= 0.3 is 5.97 Å². The van der Waals surface area contributed by atoms with Crippen molar-refractivity contribution in [1.82, 2.24) is 0 Å². The zero-order chi connectivity index (χ0) is 22.9. The van der Waals surface area contributed by atoms with Gasteiger partial charge in [0.05, 0.1) is 21.3 Å². The number of methoxy groups -OCH3 is 3. The number of fused-ring (bicyclic) bond motifs is 2. The molecule has 0 fully saturated rings. The summed E-state index contributed by atoms with van der Waals surface area (Å²) in [7, 11) is 4.59. The predicted molar refractivity (Wildman–Crippen MR) is 128 cm³/mol. The van der Waals surface area contributed by atoms with E-state index in [2.05, 4.69) is 23.2 Å². The molecule has 0 bridgehead atoms. The third-order valence-corrected chi connectivity index (χ3v) is 5.63. The molecule has 0 unspecified atom stereocenters. The number of carbonyl (C=O) groups is 1. The van der Waals surface area contributed by atoms with E-state index >= 15 is 0 Å². The average Bonchev–Trinajstić information content (AvgIpc) is 3.22. The summed E-state index contributed by atoms with van der Waals surface area (Å²) in [6.07, 6.45) is 1.79. The number of hydrogen-bond acceptors (Lipinski definition) is 6. The van der Waals surface area contributed by atoms with E-state index in [4.69, 9.17) is 18.9 Å². The van der Waals surface area contributed by atoms with Crippen LogP contribution in [0.3, 0.4) is 0 Å². The largest absolute Gasteiger partial charge is 0.493 e. The Morgan fingerprint density at radius 1 is 0.788 bits per heavy atom. The van der Waals surface area contributed by atoms with E-state index in [0.29, 0.717) is 22.8 Å². The lowest BCUT2D eigenvalue weighted by molar-refractivity contribution is -0.129. The highest BCUT2D eigenvalue weighted by Crippen LogP contribution is 2.39. The van der Waals surface area contributed by atoms with Gasteiger partial charge in [-0.1, -0.05) is 48.5 Å². The molecule has 6 heteroatoms. The summed E-state index contributed by atoms with van der Waals surface area (Å²) in [5, 5.41) is 4.24. The molecule has 0 N–H and O–H groups in total. The molecule has 6 nitrogen and oxygen atoms in total. The number of aliphatic imine (C=N–C) groups is 1. The van der Waals surface area contributed by atoms with Crippen molar-refractivity contribution in [3.8, 4) is 17.2 Å². The van der Waals surface area contributed by atoms with Gasteiger partial charge in [-0.25, -0.2) is 9.79 Å². The van der Waals surface area contributed by atoms with Crippen molar-refractivity contribution in [2.75, 3.05) is 21.3 Å². The van der Waals surface area contributed by atoms with Gasteiger partial charge in [0.15, 0.2) is 17.2 Å². The molecule has 0 spiro atoms. The Labute approximate surface area is 190 Å². The van der Waals surface area contributed by atoms with Gasteiger partial charge in [0.25, 0.3) is 0 Å². The molecule has 1 aliphatic heterocycles. The van der Waals surface area contributed by atoms with Crippen LogP contribution < -0.4 is 14.2 Å². The van der Waals surface area contributed by atoms with Crippen LogP contribution in [-0.4, -0.2) is 33.2 Å². The number of esters is 1. The zero-order valence-corrected chi connectivity index (χ0v) is 18.4. The Kier molecular flexibility index (Phi) is 5.18. The molecule has 1 aliphatic rings. The summed E-state index contributed by atoms with van der Waals surface area (Å²) in [5.41, 5.74) is 1.69. The van der Waals surface area contributed by atoms with Crippen molar-refractivity contribution >= 4 is 39.5 Å². The molecule has 33 heavy (non-hydrogen) atoms. The van der Waals surface area contributed by atoms with E-state index in [0.717, 1.165) is 27.1 Å². The minimum atomic E-state index is -0.518. The summed E-state index contributed by atoms with van der Waals surface area (Å²) in [6, 6.07) is 21.7. The minimum absolute atomic E-state index is 0.176. The summed E-state index contributed by atoms with van der Waals surface area (Å²) in [5.74, 6) is 1.00. The normalized spacial score (nSPS) is 14.5. The molecule has 4 aromatic rings. The number of benzene rings is 4. The Bertz CT molecular complexity index is 1390. The third kappa shape index (κ3) is 3.55. The van der Waals surface area contributed by atoms with Crippen molar-refractivity contribution in [2.45, 2.75) is 0 Å². The maximum absolute atomic E-state index is 12.8. The number of rotatable bonds is 5. The van der Waals surface area contributed by atoms with E-state index in [1.165, 1.54) is 21.3 Å². The van der Waals surface area contributed by atoms with E-state index in [-0.39, 0.29) is 11.6 Å². The van der Waals surface area contributed by atoms with Gasteiger partial charge in [0.1, 0.15) is 0 Å². The first-order valence-corrected chi connectivity index (χ1v) is 10.4. The number of hydrogen-bond donors (Lipinski definition) is 0. The lowest BCUT2D eigenvalue weighted by Gasteiger charge is -2.13. The molecule has 0 saturated heterocycles. The number of ether oxygens (including phenoxy) is 4. The summed E-state index contributed by atoms with van der Waals surface area (Å²) < 4.78 is 21.7. The highest BCUT2D eigenvalue weighted by Gasteiger charge is 2.27. The van der Waals surface area contributed by atoms with Crippen LogP contribution in [0.1, 0.15) is 11.1 Å². The highest BCUT2D eigenvalue weighted by atomic mass is 16.6. The monoisotopic (exact) mass is 439 g/mol. The Hall–Kier alpha value is -4.32. The fraction of sp³-hybridized carbons (Fsp3) is 0.111. The lowest BCUT2D eigenvalue weighted by atomic mass is 9.96. The standard InChI is InChI=1S/C27H21NO5/c1-30-23-13-18(14-24(31-2)25(23)32-3)26-28-22(27(29)33-26)15-21-19-10-6-4-8-16(19)12-17-9-5-7-11-20(17)21/h4-15H,1-3H3/b22-15+. The Balaban J connectivity index is 1.67. The summed E-state index contributed by atoms with van der Waals surface area (Å²) in [4.78, 5) is 17.3. The van der Waals surface area contributed by atoms with Gasteiger partial charge in [0.2, 0.25) is 11.6 Å². The summed E-state index contributed by atoms with van der Waals surface area (Å²) in [6.45, 7) is 0. The molecule has 0 aromatic heterocycles. The Morgan fingerprint density at radius 2 is 1.36 bits per heavy atom. The molecular weight excluding hydrogens is 418 g/mol. The quantitative estimate of drug-likeness (QED) is 0.238. The molecule has 164 valence electrons. The topological polar surface area (TPSA) is 66.4 Å². The van der Waals surface area contributed by atoms with Crippen LogP contribution in [0, 0.1) is 0 Å². The number of nitrogens with zero attached hydrogens (tertiary/aromatic N) is 1. The van der Waals surface area contributed by atoms with Gasteiger partial charge < -0.3 is 18.9 Å². The van der Waals surface area contributed by atoms with Gasteiger partial charge in [-0.3, -0.25) is 0 Å². The number of carbonyl (C=O) groups excluding carboxylic acids is 1. The lowest BCUT2D eigenvalue weighted by Crippen LogP contribution is -2.07. The fourth-order valence-corrected chi connectivity index (χ4v) is 4.08. The van der Waals surface area contributed by atoms with E-state index < -0.39 is 5.97 Å². The first-order valence-electron chi connectivity index (χ1n) is 10.4. The van der Waals surface area contributed by atoms with Crippen LogP contribution >= 0.6 is 0 Å². The molecule has 4 aromatic carbocycles. The second kappa shape index (κ2) is 8.31. The van der Waals surface area contributed by atoms with Gasteiger partial charge in [0, 0.05) is 5.56 Å². The number of cyclic esters (lactones) is 1. The van der Waals surface area contributed by atoms with E-state index in [9.17, 15) is 4.79 Å². The predicted octanol–water partition coefficient (Wildman–Crippen LogP) is 5.36. The second-order valence-corrected chi connectivity index (χ2v) is 7.48. The van der Waals surface area contributed by atoms with Crippen LogP contribution in [-0.2, 0) is 9.53 Å². The van der Waals surface area contributed by atoms with Crippen LogP contribution in [0.25, 0.3) is 27.6 Å².